The average Bonchev–Trinajstić information content (AvgIpc) is 2.59. The molecule has 0 radical (unpaired) electrons. The Morgan fingerprint density at radius 3 is 1.03 bits per heavy atom. The fourth-order valence-electron chi connectivity index (χ4n) is 2.12. The minimum atomic E-state index is -0.833. The van der Waals surface area contributed by atoms with Crippen molar-refractivity contribution in [3.05, 3.63) is 0 Å². The molecule has 11 heteroatoms. The zero-order valence-electron chi connectivity index (χ0n) is 18.9. The lowest BCUT2D eigenvalue weighted by Gasteiger charge is -2.25. The van der Waals surface area contributed by atoms with Gasteiger partial charge in [-0.25, -0.2) is 0 Å². The van der Waals surface area contributed by atoms with E-state index in [0.717, 1.165) is 6.92 Å². The van der Waals surface area contributed by atoms with E-state index in [2.05, 4.69) is 10.6 Å². The maximum absolute atomic E-state index is 10.7. The number of carbonyl (C=O) groups is 4. The van der Waals surface area contributed by atoms with Crippen LogP contribution in [0.25, 0.3) is 0 Å². The standard InChI is InChI=1S/C12H24N4O4.C3H6O.C2H4O2.C2H6/c17-11(18)9-15-5-1-13-2-6-16(10-12(19)20)8-4-14-3-7-15;1-3(2)4;1-2(3)4;1-2/h13-14H,1-10H2,(H,17,18)(H,19,20);1-2H3;1H3,(H,3,4);1-2H3. The van der Waals surface area contributed by atoms with Crippen LogP contribution in [0.5, 0.6) is 0 Å². The number of carboxylic acids is 3. The fourth-order valence-corrected chi connectivity index (χ4v) is 2.12. The Morgan fingerprint density at radius 1 is 0.667 bits per heavy atom. The summed E-state index contributed by atoms with van der Waals surface area (Å²) < 4.78 is 0. The molecular weight excluding hydrogens is 396 g/mol. The van der Waals surface area contributed by atoms with Crippen LogP contribution in [-0.4, -0.2) is 114 Å². The topological polar surface area (TPSA) is 160 Å². The van der Waals surface area contributed by atoms with Crippen LogP contribution >= 0.6 is 0 Å². The van der Waals surface area contributed by atoms with E-state index in [0.29, 0.717) is 52.4 Å². The summed E-state index contributed by atoms with van der Waals surface area (Å²) in [6, 6.07) is 0. The fraction of sp³-hybridized carbons (Fsp3) is 0.789. The second-order valence-electron chi connectivity index (χ2n) is 6.27. The number of hydrogen-bond donors (Lipinski definition) is 5. The summed E-state index contributed by atoms with van der Waals surface area (Å²) in [6.07, 6.45) is 0. The molecule has 5 N–H and O–H groups in total. The lowest BCUT2D eigenvalue weighted by Crippen LogP contribution is -2.45. The first kappa shape index (κ1) is 32.6. The number of carbonyl (C=O) groups excluding carboxylic acids is 1. The summed E-state index contributed by atoms with van der Waals surface area (Å²) >= 11 is 0. The smallest absolute Gasteiger partial charge is 0.317 e. The van der Waals surface area contributed by atoms with Crippen LogP contribution < -0.4 is 10.6 Å². The van der Waals surface area contributed by atoms with Crippen LogP contribution in [0.3, 0.4) is 0 Å². The van der Waals surface area contributed by atoms with Crippen molar-refractivity contribution in [1.82, 2.24) is 20.4 Å². The molecule has 0 aliphatic carbocycles. The van der Waals surface area contributed by atoms with E-state index in [4.69, 9.17) is 20.1 Å². The molecule has 1 aliphatic heterocycles. The van der Waals surface area contributed by atoms with Crippen LogP contribution in [0.15, 0.2) is 0 Å². The predicted molar refractivity (Wildman–Crippen MR) is 115 cm³/mol. The molecule has 1 heterocycles. The first-order valence-electron chi connectivity index (χ1n) is 10.0. The number of nitrogens with zero attached hydrogens (tertiary/aromatic N) is 2. The van der Waals surface area contributed by atoms with E-state index in [1.54, 1.807) is 0 Å². The van der Waals surface area contributed by atoms with Crippen molar-refractivity contribution < 1.29 is 34.5 Å². The zero-order chi connectivity index (χ0) is 23.9. The van der Waals surface area contributed by atoms with Crippen LogP contribution in [0.2, 0.25) is 0 Å². The Bertz CT molecular complexity index is 414. The van der Waals surface area contributed by atoms with Gasteiger partial charge < -0.3 is 30.7 Å². The highest BCUT2D eigenvalue weighted by Gasteiger charge is 2.12. The predicted octanol–water partition coefficient (Wildman–Crippen LogP) is -0.335. The van der Waals surface area contributed by atoms with E-state index in [-0.39, 0.29) is 18.9 Å². The second-order valence-corrected chi connectivity index (χ2v) is 6.27. The van der Waals surface area contributed by atoms with Gasteiger partial charge in [-0.2, -0.15) is 0 Å². The highest BCUT2D eigenvalue weighted by Crippen LogP contribution is 1.90. The third-order valence-corrected chi connectivity index (χ3v) is 3.14. The maximum atomic E-state index is 10.7. The number of Topliss-reactive ketones (excluding diaryl/α,β-unsaturated/α-hetero) is 1. The van der Waals surface area contributed by atoms with Crippen molar-refractivity contribution in [3.8, 4) is 0 Å². The van der Waals surface area contributed by atoms with Crippen molar-refractivity contribution in [2.24, 2.45) is 0 Å². The summed E-state index contributed by atoms with van der Waals surface area (Å²) in [4.78, 5) is 43.7. The number of carboxylic acid groups (broad SMARTS) is 3. The minimum absolute atomic E-state index is 0.0501. The molecule has 0 aromatic rings. The van der Waals surface area contributed by atoms with Gasteiger partial charge in [0.25, 0.3) is 5.97 Å². The van der Waals surface area contributed by atoms with E-state index in [1.807, 2.05) is 23.6 Å². The van der Waals surface area contributed by atoms with E-state index >= 15 is 0 Å². The van der Waals surface area contributed by atoms with Crippen molar-refractivity contribution >= 4 is 23.7 Å². The van der Waals surface area contributed by atoms with Crippen molar-refractivity contribution in [1.29, 1.82) is 0 Å². The Hall–Kier alpha value is -2.08. The molecule has 178 valence electrons. The Balaban J connectivity index is -0.000000612. The number of aliphatic carboxylic acids is 3. The van der Waals surface area contributed by atoms with Crippen molar-refractivity contribution in [2.45, 2.75) is 34.6 Å². The molecular formula is C19H40N4O7. The summed E-state index contributed by atoms with van der Waals surface area (Å²) in [5.41, 5.74) is 0. The molecule has 1 saturated heterocycles. The van der Waals surface area contributed by atoms with Gasteiger partial charge >= 0.3 is 11.9 Å². The zero-order valence-corrected chi connectivity index (χ0v) is 18.9. The van der Waals surface area contributed by atoms with Gasteiger partial charge in [0, 0.05) is 59.3 Å². The largest absolute Gasteiger partial charge is 0.481 e. The molecule has 1 rings (SSSR count). The molecule has 11 nitrogen and oxygen atoms in total. The van der Waals surface area contributed by atoms with E-state index in [9.17, 15) is 14.4 Å². The molecule has 0 spiro atoms. The van der Waals surface area contributed by atoms with Crippen molar-refractivity contribution in [2.75, 3.05) is 65.4 Å². The van der Waals surface area contributed by atoms with Crippen LogP contribution in [0, 0.1) is 0 Å². The van der Waals surface area contributed by atoms with Crippen LogP contribution in [0.1, 0.15) is 34.6 Å². The van der Waals surface area contributed by atoms with Gasteiger partial charge in [-0.3, -0.25) is 24.2 Å². The third-order valence-electron chi connectivity index (χ3n) is 3.14. The molecule has 0 aromatic carbocycles. The van der Waals surface area contributed by atoms with Gasteiger partial charge in [0.1, 0.15) is 5.78 Å². The molecule has 0 atom stereocenters. The molecule has 0 bridgehead atoms. The average molecular weight is 437 g/mol. The highest BCUT2D eigenvalue weighted by molar-refractivity contribution is 5.72. The first-order chi connectivity index (χ1) is 14.0. The molecule has 30 heavy (non-hydrogen) atoms. The van der Waals surface area contributed by atoms with Gasteiger partial charge in [0.05, 0.1) is 13.1 Å². The lowest BCUT2D eigenvalue weighted by molar-refractivity contribution is -0.139. The van der Waals surface area contributed by atoms with Crippen molar-refractivity contribution in [3.63, 3.8) is 0 Å². The van der Waals surface area contributed by atoms with E-state index in [1.165, 1.54) is 13.8 Å². The maximum Gasteiger partial charge on any atom is 0.317 e. The number of nitrogens with one attached hydrogen (secondary N) is 2. The Kier molecular flexibility index (Phi) is 25.2. The monoisotopic (exact) mass is 436 g/mol. The summed E-state index contributed by atoms with van der Waals surface area (Å²) in [5.74, 6) is -2.30. The second kappa shape index (κ2) is 23.2. The van der Waals surface area contributed by atoms with Gasteiger partial charge in [-0.15, -0.1) is 0 Å². The SMILES string of the molecule is CC.CC(=O)O.CC(C)=O.O=C(O)CN1CCNCCN(CC(=O)O)CCNCC1. The molecule has 1 aliphatic rings. The van der Waals surface area contributed by atoms with Crippen LogP contribution in [0.4, 0.5) is 0 Å². The number of rotatable bonds is 4. The minimum Gasteiger partial charge on any atom is -0.481 e. The summed E-state index contributed by atoms with van der Waals surface area (Å²) in [7, 11) is 0. The van der Waals surface area contributed by atoms with Gasteiger partial charge in [-0.05, 0) is 13.8 Å². The molecule has 0 amide bonds. The summed E-state index contributed by atoms with van der Waals surface area (Å²) in [5, 5.41) is 31.5. The van der Waals surface area contributed by atoms with Gasteiger partial charge in [-0.1, -0.05) is 13.8 Å². The first-order valence-corrected chi connectivity index (χ1v) is 10.0. The summed E-state index contributed by atoms with van der Waals surface area (Å²) in [6.45, 7) is 13.7. The third kappa shape index (κ3) is 33.5. The van der Waals surface area contributed by atoms with Gasteiger partial charge in [0.2, 0.25) is 0 Å². The Morgan fingerprint density at radius 2 is 0.867 bits per heavy atom. The number of ketones is 1. The molecule has 0 unspecified atom stereocenters. The quantitative estimate of drug-likeness (QED) is 0.392. The normalized spacial score (nSPS) is 15.8. The van der Waals surface area contributed by atoms with E-state index < -0.39 is 17.9 Å². The highest BCUT2D eigenvalue weighted by atomic mass is 16.4. The van der Waals surface area contributed by atoms with Gasteiger partial charge in [0.15, 0.2) is 0 Å². The van der Waals surface area contributed by atoms with Crippen LogP contribution in [-0.2, 0) is 19.2 Å². The molecule has 0 saturated carbocycles. The lowest BCUT2D eigenvalue weighted by atomic mass is 10.3. The molecule has 1 fully saturated rings. The molecule has 0 aromatic heterocycles. The Labute approximate surface area is 179 Å². The number of hydrogen-bond acceptors (Lipinski definition) is 8.